The Bertz CT molecular complexity index is 1250. The zero-order valence-corrected chi connectivity index (χ0v) is 28.4. The van der Waals surface area contributed by atoms with E-state index in [1.807, 2.05) is 43.3 Å². The van der Waals surface area contributed by atoms with Gasteiger partial charge in [-0.15, -0.1) is 0 Å². The van der Waals surface area contributed by atoms with Crippen molar-refractivity contribution in [3.63, 3.8) is 0 Å². The quantitative estimate of drug-likeness (QED) is 0.0791. The van der Waals surface area contributed by atoms with Crippen molar-refractivity contribution in [2.45, 2.75) is 57.1 Å². The van der Waals surface area contributed by atoms with Crippen molar-refractivity contribution in [3.05, 3.63) is 54.1 Å². The molecule has 2 aromatic rings. The zero-order valence-electron chi connectivity index (χ0n) is 25.5. The third kappa shape index (κ3) is 16.5. The van der Waals surface area contributed by atoms with E-state index in [1.165, 1.54) is 0 Å². The molecule has 2 rings (SSSR count). The molecule has 13 heteroatoms. The van der Waals surface area contributed by atoms with Gasteiger partial charge in [-0.05, 0) is 67.5 Å². The molecule has 236 valence electrons. The number of ether oxygens (including phenoxy) is 5. The van der Waals surface area contributed by atoms with Crippen molar-refractivity contribution in [1.82, 2.24) is 0 Å². The average Bonchev–Trinajstić information content (AvgIpc) is 3.00. The molecule has 0 radical (unpaired) electrons. The number of hydrogen-bond acceptors (Lipinski definition) is 11. The first-order valence-electron chi connectivity index (χ1n) is 14.4. The Kier molecular flexibility index (Phi) is 20.6. The van der Waals surface area contributed by atoms with Crippen molar-refractivity contribution >= 4 is 22.1 Å². The maximum atomic E-state index is 12.1. The van der Waals surface area contributed by atoms with Crippen molar-refractivity contribution in [3.8, 4) is 22.9 Å². The molecule has 1 atom stereocenters. The molecule has 0 saturated heterocycles. The van der Waals surface area contributed by atoms with Gasteiger partial charge in [0.1, 0.15) is 22.5 Å². The van der Waals surface area contributed by atoms with Crippen LogP contribution in [0.2, 0.25) is 0 Å². The van der Waals surface area contributed by atoms with Crippen LogP contribution in [0.4, 0.5) is 0 Å². The Morgan fingerprint density at radius 1 is 0.773 bits per heavy atom. The predicted molar refractivity (Wildman–Crippen MR) is 157 cm³/mol. The predicted octanol–water partition coefficient (Wildman–Crippen LogP) is 1.39. The third-order valence-electron chi connectivity index (χ3n) is 6.22. The van der Waals surface area contributed by atoms with Gasteiger partial charge in [0.05, 0.1) is 51.1 Å². The fourth-order valence-electron chi connectivity index (χ4n) is 3.79. The van der Waals surface area contributed by atoms with Gasteiger partial charge in [-0.1, -0.05) is 37.6 Å². The Hall–Kier alpha value is -2.50. The van der Waals surface area contributed by atoms with E-state index in [1.54, 1.807) is 12.1 Å². The number of nitrogens with zero attached hydrogens (tertiary/aromatic N) is 1. The van der Waals surface area contributed by atoms with Crippen molar-refractivity contribution in [1.29, 1.82) is 5.26 Å². The first-order chi connectivity index (χ1) is 20.7. The van der Waals surface area contributed by atoms with Crippen LogP contribution < -0.4 is 34.3 Å². The minimum absolute atomic E-state index is 0. The topological polar surface area (TPSA) is 161 Å². The molecule has 2 aromatic carbocycles. The van der Waals surface area contributed by atoms with E-state index in [0.717, 1.165) is 49.0 Å². The Balaban J connectivity index is 0.00000968. The van der Waals surface area contributed by atoms with Gasteiger partial charge in [0.2, 0.25) is 0 Å². The van der Waals surface area contributed by atoms with Crippen LogP contribution in [0.5, 0.6) is 5.75 Å². The first-order valence-corrected chi connectivity index (χ1v) is 15.9. The zero-order chi connectivity index (χ0) is 31.3. The second-order valence-corrected chi connectivity index (χ2v) is 11.2. The summed E-state index contributed by atoms with van der Waals surface area (Å²) < 4.78 is 60.7. The van der Waals surface area contributed by atoms with Crippen LogP contribution in [0.1, 0.15) is 57.4 Å². The molecule has 11 nitrogen and oxygen atoms in total. The van der Waals surface area contributed by atoms with Gasteiger partial charge in [-0.25, -0.2) is 8.42 Å². The molecule has 0 heterocycles. The van der Waals surface area contributed by atoms with Crippen LogP contribution in [-0.4, -0.2) is 76.4 Å². The van der Waals surface area contributed by atoms with Gasteiger partial charge < -0.3 is 28.2 Å². The second kappa shape index (κ2) is 22.9. The number of hydrogen-bond donors (Lipinski definition) is 0. The minimum Gasteiger partial charge on any atom is -0.747 e. The van der Waals surface area contributed by atoms with E-state index in [0.29, 0.717) is 31.8 Å². The van der Waals surface area contributed by atoms with Crippen LogP contribution >= 0.6 is 0 Å². The van der Waals surface area contributed by atoms with E-state index in [4.69, 9.17) is 28.9 Å². The van der Waals surface area contributed by atoms with Crippen LogP contribution in [0.3, 0.4) is 0 Å². The van der Waals surface area contributed by atoms with Crippen LogP contribution in [0.25, 0.3) is 11.1 Å². The maximum Gasteiger partial charge on any atom is 1.00 e. The summed E-state index contributed by atoms with van der Waals surface area (Å²) in [5.41, 5.74) is 2.64. The van der Waals surface area contributed by atoms with Gasteiger partial charge in [0.25, 0.3) is 0 Å². The summed E-state index contributed by atoms with van der Waals surface area (Å²) >= 11 is 0. The molecule has 0 aliphatic heterocycles. The summed E-state index contributed by atoms with van der Waals surface area (Å²) in [5.74, 6) is -1.53. The first kappa shape index (κ1) is 39.5. The largest absolute Gasteiger partial charge is 1.00 e. The summed E-state index contributed by atoms with van der Waals surface area (Å²) in [7, 11) is -5.12. The molecule has 0 aliphatic rings. The van der Waals surface area contributed by atoms with Crippen LogP contribution in [0.15, 0.2) is 48.5 Å². The number of esters is 2. The fourth-order valence-corrected chi connectivity index (χ4v) is 4.43. The number of rotatable bonds is 22. The van der Waals surface area contributed by atoms with E-state index in [-0.39, 0.29) is 56.0 Å². The summed E-state index contributed by atoms with van der Waals surface area (Å²) in [6.45, 7) is 3.61. The van der Waals surface area contributed by atoms with E-state index in [2.05, 4.69) is 6.07 Å². The van der Waals surface area contributed by atoms with Gasteiger partial charge in [-0.3, -0.25) is 9.59 Å². The molecule has 0 fully saturated rings. The monoisotopic (exact) mass is 641 g/mol. The van der Waals surface area contributed by atoms with Crippen molar-refractivity contribution in [2.75, 3.05) is 46.2 Å². The molecule has 0 amide bonds. The molecule has 0 N–H and O–H groups in total. The van der Waals surface area contributed by atoms with Crippen LogP contribution in [0, 0.1) is 11.3 Å². The maximum absolute atomic E-state index is 12.1. The Morgan fingerprint density at radius 3 is 1.93 bits per heavy atom. The normalized spacial score (nSPS) is 11.6. The van der Waals surface area contributed by atoms with Crippen molar-refractivity contribution < 1.29 is 75.8 Å². The Labute approximate surface area is 282 Å². The minimum atomic E-state index is -5.12. The van der Waals surface area contributed by atoms with E-state index >= 15 is 0 Å². The van der Waals surface area contributed by atoms with Crippen LogP contribution in [-0.2, 0) is 38.7 Å². The standard InChI is InChI=1S/C31H41NO10S.Na/c1-2-3-16-38-19-20-39-21-22-42-31(34)29(43(35,36)37)23-30(33)41-18-7-5-4-6-17-40-28-14-12-27(13-15-28)26-10-8-25(24-32)9-11-26;/h8-15,29H,2-7,16-23H2,1H3,(H,35,36,37);/q;+1/p-1. The molecule has 1 unspecified atom stereocenters. The van der Waals surface area contributed by atoms with Gasteiger partial charge in [0.15, 0.2) is 5.25 Å². The van der Waals surface area contributed by atoms with Gasteiger partial charge in [0, 0.05) is 6.61 Å². The Morgan fingerprint density at radius 2 is 1.34 bits per heavy atom. The third-order valence-corrected chi connectivity index (χ3v) is 7.28. The molecule has 0 bridgehead atoms. The second-order valence-electron chi connectivity index (χ2n) is 9.63. The molecule has 0 aliphatic carbocycles. The molecule has 0 saturated carbocycles. The summed E-state index contributed by atoms with van der Waals surface area (Å²) in [5, 5.41) is 6.74. The molecule has 0 spiro atoms. The van der Waals surface area contributed by atoms with E-state index in [9.17, 15) is 22.6 Å². The van der Waals surface area contributed by atoms with Crippen molar-refractivity contribution in [2.24, 2.45) is 0 Å². The number of carbonyl (C=O) groups is 2. The van der Waals surface area contributed by atoms with Gasteiger partial charge in [-0.2, -0.15) is 5.26 Å². The number of carbonyl (C=O) groups excluding carboxylic acids is 2. The summed E-state index contributed by atoms with van der Waals surface area (Å²) in [4.78, 5) is 24.2. The number of benzene rings is 2. The molecular weight excluding hydrogens is 601 g/mol. The molecular formula is C31H40NNaO10S. The summed E-state index contributed by atoms with van der Waals surface area (Å²) in [6, 6.07) is 17.1. The van der Waals surface area contributed by atoms with Gasteiger partial charge >= 0.3 is 41.5 Å². The molecule has 0 aromatic heterocycles. The summed E-state index contributed by atoms with van der Waals surface area (Å²) in [6.07, 6.45) is 3.93. The number of unbranched alkanes of at least 4 members (excludes halogenated alkanes) is 4. The molecule has 44 heavy (non-hydrogen) atoms. The number of nitriles is 1. The van der Waals surface area contributed by atoms with E-state index < -0.39 is 33.7 Å². The SMILES string of the molecule is CCCCOCCOCCOC(=O)C(CC(=O)OCCCCCCOc1ccc(-c2ccc(C#N)cc2)cc1)S(=O)(=O)[O-].[Na+]. The fraction of sp³-hybridized carbons (Fsp3) is 0.516. The average molecular weight is 642 g/mol. The smallest absolute Gasteiger partial charge is 0.747 e.